The molecule has 0 N–H and O–H groups in total. The maximum absolute atomic E-state index is 13.1. The Morgan fingerprint density at radius 3 is 2.14 bits per heavy atom. The summed E-state index contributed by atoms with van der Waals surface area (Å²) >= 11 is 12.1. The van der Waals surface area contributed by atoms with Crippen LogP contribution in [-0.2, 0) is 13.1 Å². The molecule has 3 aromatic carbocycles. The lowest BCUT2D eigenvalue weighted by molar-refractivity contribution is 0.0972. The zero-order chi connectivity index (χ0) is 19.7. The summed E-state index contributed by atoms with van der Waals surface area (Å²) in [6.07, 6.45) is 0. The van der Waals surface area contributed by atoms with Crippen molar-refractivity contribution < 1.29 is 4.79 Å². The molecule has 0 unspecified atom stereocenters. The van der Waals surface area contributed by atoms with Gasteiger partial charge in [-0.15, -0.1) is 0 Å². The SMILES string of the molecule is O=C(Cn1c(=O)n(Cc2ccccc2)c2ccccc21)c1ccc(Cl)cc1Cl. The zero-order valence-electron chi connectivity index (χ0n) is 14.8. The van der Waals surface area contributed by atoms with Crippen LogP contribution in [0.5, 0.6) is 0 Å². The normalized spacial score (nSPS) is 11.1. The Bertz CT molecular complexity index is 1230. The van der Waals surface area contributed by atoms with Crippen molar-refractivity contribution in [2.24, 2.45) is 0 Å². The number of hydrogen-bond acceptors (Lipinski definition) is 2. The number of aromatic nitrogens is 2. The molecule has 6 heteroatoms. The van der Waals surface area contributed by atoms with Crippen LogP contribution in [-0.4, -0.2) is 14.9 Å². The number of fused-ring (bicyclic) bond motifs is 1. The average Bonchev–Trinajstić information content (AvgIpc) is 2.95. The number of para-hydroxylation sites is 2. The maximum atomic E-state index is 13.1. The summed E-state index contributed by atoms with van der Waals surface area (Å²) in [6, 6.07) is 21.9. The van der Waals surface area contributed by atoms with Gasteiger partial charge in [0.05, 0.1) is 29.1 Å². The van der Waals surface area contributed by atoms with Gasteiger partial charge >= 0.3 is 5.69 Å². The average molecular weight is 411 g/mol. The standard InChI is InChI=1S/C22H16Cl2N2O2/c23-16-10-11-17(18(24)12-16)21(27)14-26-20-9-5-4-8-19(20)25(22(26)28)13-15-6-2-1-3-7-15/h1-12H,13-14H2. The van der Waals surface area contributed by atoms with Crippen LogP contribution < -0.4 is 5.69 Å². The van der Waals surface area contributed by atoms with E-state index in [0.29, 0.717) is 22.6 Å². The second-order valence-corrected chi connectivity index (χ2v) is 7.32. The Kier molecular flexibility index (Phi) is 5.07. The van der Waals surface area contributed by atoms with Gasteiger partial charge in [-0.05, 0) is 35.9 Å². The van der Waals surface area contributed by atoms with E-state index in [4.69, 9.17) is 23.2 Å². The molecule has 0 aliphatic rings. The molecule has 0 aliphatic carbocycles. The van der Waals surface area contributed by atoms with Gasteiger partial charge in [-0.1, -0.05) is 65.7 Å². The molecule has 0 saturated heterocycles. The number of ketones is 1. The van der Waals surface area contributed by atoms with E-state index in [1.165, 1.54) is 10.6 Å². The molecule has 4 nitrogen and oxygen atoms in total. The quantitative estimate of drug-likeness (QED) is 0.432. The van der Waals surface area contributed by atoms with Crippen molar-refractivity contribution in [3.63, 3.8) is 0 Å². The fourth-order valence-electron chi connectivity index (χ4n) is 3.29. The number of imidazole rings is 1. The molecule has 1 aromatic heterocycles. The molecule has 28 heavy (non-hydrogen) atoms. The fourth-order valence-corrected chi connectivity index (χ4v) is 3.80. The smallest absolute Gasteiger partial charge is 0.292 e. The van der Waals surface area contributed by atoms with E-state index in [9.17, 15) is 9.59 Å². The molecular formula is C22H16Cl2N2O2. The zero-order valence-corrected chi connectivity index (χ0v) is 16.3. The minimum Gasteiger partial charge on any atom is -0.292 e. The predicted molar refractivity (Wildman–Crippen MR) is 113 cm³/mol. The number of rotatable bonds is 5. The Hall–Kier alpha value is -2.82. The second-order valence-electron chi connectivity index (χ2n) is 6.48. The monoisotopic (exact) mass is 410 g/mol. The van der Waals surface area contributed by atoms with Crippen LogP contribution in [0.25, 0.3) is 11.0 Å². The first-order valence-electron chi connectivity index (χ1n) is 8.75. The third-order valence-corrected chi connectivity index (χ3v) is 5.19. The van der Waals surface area contributed by atoms with E-state index in [2.05, 4.69) is 0 Å². The minimum atomic E-state index is -0.244. The van der Waals surface area contributed by atoms with Crippen molar-refractivity contribution in [2.75, 3.05) is 0 Å². The number of carbonyl (C=O) groups is 1. The van der Waals surface area contributed by atoms with E-state index in [1.807, 2.05) is 54.6 Å². The molecule has 0 amide bonds. The summed E-state index contributed by atoms with van der Waals surface area (Å²) in [4.78, 5) is 25.9. The van der Waals surface area contributed by atoms with Crippen molar-refractivity contribution in [1.29, 1.82) is 0 Å². The molecule has 0 atom stereocenters. The van der Waals surface area contributed by atoms with E-state index in [1.54, 1.807) is 16.7 Å². The van der Waals surface area contributed by atoms with Gasteiger partial charge in [-0.25, -0.2) is 4.79 Å². The minimum absolute atomic E-state index is 0.0948. The summed E-state index contributed by atoms with van der Waals surface area (Å²) in [7, 11) is 0. The molecule has 0 bridgehead atoms. The van der Waals surface area contributed by atoms with Gasteiger partial charge in [0.2, 0.25) is 0 Å². The van der Waals surface area contributed by atoms with Crippen LogP contribution in [0.1, 0.15) is 15.9 Å². The van der Waals surface area contributed by atoms with E-state index >= 15 is 0 Å². The van der Waals surface area contributed by atoms with E-state index in [0.717, 1.165) is 11.1 Å². The number of carbonyl (C=O) groups excluding carboxylic acids is 1. The van der Waals surface area contributed by atoms with Gasteiger partial charge in [-0.3, -0.25) is 13.9 Å². The van der Waals surface area contributed by atoms with Gasteiger partial charge < -0.3 is 0 Å². The predicted octanol–water partition coefficient (Wildman–Crippen LogP) is 5.04. The highest BCUT2D eigenvalue weighted by Crippen LogP contribution is 2.22. The first-order valence-corrected chi connectivity index (χ1v) is 9.50. The maximum Gasteiger partial charge on any atom is 0.329 e. The van der Waals surface area contributed by atoms with Gasteiger partial charge in [0, 0.05) is 10.6 Å². The molecular weight excluding hydrogens is 395 g/mol. The molecule has 0 fully saturated rings. The molecule has 0 spiro atoms. The third kappa shape index (κ3) is 3.49. The van der Waals surface area contributed by atoms with E-state index in [-0.39, 0.29) is 23.0 Å². The molecule has 0 saturated carbocycles. The van der Waals surface area contributed by atoms with Crippen LogP contribution in [0.2, 0.25) is 10.0 Å². The van der Waals surface area contributed by atoms with E-state index < -0.39 is 0 Å². The number of benzene rings is 3. The summed E-state index contributed by atoms with van der Waals surface area (Å²) in [5.41, 5.74) is 2.62. The Morgan fingerprint density at radius 2 is 1.46 bits per heavy atom. The van der Waals surface area contributed by atoms with Crippen molar-refractivity contribution in [3.05, 3.63) is 104 Å². The molecule has 0 radical (unpaired) electrons. The van der Waals surface area contributed by atoms with Gasteiger partial charge in [0.15, 0.2) is 5.78 Å². The molecule has 1 heterocycles. The lowest BCUT2D eigenvalue weighted by atomic mass is 10.1. The largest absolute Gasteiger partial charge is 0.329 e. The highest BCUT2D eigenvalue weighted by Gasteiger charge is 2.18. The lowest BCUT2D eigenvalue weighted by Gasteiger charge is -2.05. The van der Waals surface area contributed by atoms with Crippen molar-refractivity contribution in [1.82, 2.24) is 9.13 Å². The number of hydrogen-bond donors (Lipinski definition) is 0. The van der Waals surface area contributed by atoms with Crippen molar-refractivity contribution in [2.45, 2.75) is 13.1 Å². The third-order valence-electron chi connectivity index (χ3n) is 4.64. The summed E-state index contributed by atoms with van der Waals surface area (Å²) in [5, 5.41) is 0.733. The van der Waals surface area contributed by atoms with Crippen LogP contribution in [0.3, 0.4) is 0 Å². The van der Waals surface area contributed by atoms with Crippen LogP contribution in [0.15, 0.2) is 77.6 Å². The lowest BCUT2D eigenvalue weighted by Crippen LogP contribution is -2.27. The van der Waals surface area contributed by atoms with Gasteiger partial charge in [-0.2, -0.15) is 0 Å². The Morgan fingerprint density at radius 1 is 0.821 bits per heavy atom. The van der Waals surface area contributed by atoms with Crippen LogP contribution in [0, 0.1) is 0 Å². The molecule has 4 rings (SSSR count). The molecule has 140 valence electrons. The summed E-state index contributed by atoms with van der Waals surface area (Å²) < 4.78 is 3.17. The van der Waals surface area contributed by atoms with Crippen LogP contribution >= 0.6 is 23.2 Å². The highest BCUT2D eigenvalue weighted by molar-refractivity contribution is 6.36. The van der Waals surface area contributed by atoms with Crippen LogP contribution in [0.4, 0.5) is 0 Å². The summed E-state index contributed by atoms with van der Waals surface area (Å²) in [6.45, 7) is 0.339. The van der Waals surface area contributed by atoms with Gasteiger partial charge in [0.25, 0.3) is 0 Å². The van der Waals surface area contributed by atoms with Crippen molar-refractivity contribution in [3.8, 4) is 0 Å². The number of nitrogens with zero attached hydrogens (tertiary/aromatic N) is 2. The first-order chi connectivity index (χ1) is 13.5. The second kappa shape index (κ2) is 7.66. The number of Topliss-reactive ketones (excluding diaryl/α,β-unsaturated/α-hetero) is 1. The fraction of sp³-hybridized carbons (Fsp3) is 0.0909. The number of halogens is 2. The Labute approximate surface area is 171 Å². The Balaban J connectivity index is 1.76. The summed E-state index contributed by atoms with van der Waals surface area (Å²) in [5.74, 6) is -0.244. The molecule has 4 aromatic rings. The molecule has 0 aliphatic heterocycles. The first kappa shape index (κ1) is 18.5. The topological polar surface area (TPSA) is 44.0 Å². The highest BCUT2D eigenvalue weighted by atomic mass is 35.5. The van der Waals surface area contributed by atoms with Gasteiger partial charge in [0.1, 0.15) is 0 Å². The van der Waals surface area contributed by atoms with Crippen molar-refractivity contribution >= 4 is 40.0 Å².